The third kappa shape index (κ3) is 4.54. The van der Waals surface area contributed by atoms with Crippen molar-refractivity contribution >= 4 is 33.2 Å². The van der Waals surface area contributed by atoms with E-state index >= 15 is 0 Å². The number of halogens is 4. The van der Waals surface area contributed by atoms with Gasteiger partial charge in [-0.05, 0) is 46.6 Å². The summed E-state index contributed by atoms with van der Waals surface area (Å²) in [5.74, 6) is 0.0153. The maximum absolute atomic E-state index is 12.5. The standard InChI is InChI=1S/C14H12BrClF2N2O/c1-8-2-3-10(19-6-8)7-20-12-5-9(16)4-11(15)13(12)21-14(17)18/h2-6,14,20H,7H2,1H3. The first-order valence-electron chi connectivity index (χ1n) is 6.05. The van der Waals surface area contributed by atoms with E-state index in [-0.39, 0.29) is 5.75 Å². The second-order valence-corrected chi connectivity index (χ2v) is 5.61. The minimum atomic E-state index is -2.92. The van der Waals surface area contributed by atoms with E-state index in [9.17, 15) is 8.78 Å². The van der Waals surface area contributed by atoms with E-state index in [0.717, 1.165) is 11.3 Å². The highest BCUT2D eigenvalue weighted by atomic mass is 79.9. The zero-order valence-corrected chi connectivity index (χ0v) is 13.4. The Morgan fingerprint density at radius 2 is 2.14 bits per heavy atom. The second-order valence-electron chi connectivity index (χ2n) is 4.32. The molecular weight excluding hydrogens is 366 g/mol. The quantitative estimate of drug-likeness (QED) is 0.794. The van der Waals surface area contributed by atoms with Crippen molar-refractivity contribution in [3.05, 3.63) is 51.2 Å². The summed E-state index contributed by atoms with van der Waals surface area (Å²) in [5.41, 5.74) is 2.20. The van der Waals surface area contributed by atoms with Crippen LogP contribution in [0.25, 0.3) is 0 Å². The van der Waals surface area contributed by atoms with Crippen molar-refractivity contribution in [2.75, 3.05) is 5.32 Å². The molecule has 1 aromatic heterocycles. The topological polar surface area (TPSA) is 34.1 Å². The second kappa shape index (κ2) is 7.04. The van der Waals surface area contributed by atoms with E-state index in [0.29, 0.717) is 21.7 Å². The van der Waals surface area contributed by atoms with Gasteiger partial charge in [0.25, 0.3) is 0 Å². The number of hydrogen-bond acceptors (Lipinski definition) is 3. The Bertz CT molecular complexity index is 623. The van der Waals surface area contributed by atoms with Gasteiger partial charge in [-0.1, -0.05) is 17.7 Å². The third-order valence-electron chi connectivity index (χ3n) is 2.65. The Labute approximate surface area is 134 Å². The molecule has 1 heterocycles. The van der Waals surface area contributed by atoms with Gasteiger partial charge < -0.3 is 10.1 Å². The molecule has 0 bridgehead atoms. The Kier molecular flexibility index (Phi) is 5.36. The molecule has 0 aliphatic rings. The first kappa shape index (κ1) is 16.0. The molecule has 1 aromatic carbocycles. The van der Waals surface area contributed by atoms with Crippen LogP contribution in [0.2, 0.25) is 5.02 Å². The lowest BCUT2D eigenvalue weighted by Gasteiger charge is -2.14. The maximum atomic E-state index is 12.5. The number of rotatable bonds is 5. The van der Waals surface area contributed by atoms with Crippen LogP contribution in [0.1, 0.15) is 11.3 Å². The minimum Gasteiger partial charge on any atom is -0.431 e. The molecule has 0 spiro atoms. The normalized spacial score (nSPS) is 10.8. The summed E-state index contributed by atoms with van der Waals surface area (Å²) in [4.78, 5) is 4.23. The molecule has 0 radical (unpaired) electrons. The maximum Gasteiger partial charge on any atom is 0.387 e. The van der Waals surface area contributed by atoms with Crippen LogP contribution in [-0.4, -0.2) is 11.6 Å². The van der Waals surface area contributed by atoms with Crippen LogP contribution < -0.4 is 10.1 Å². The van der Waals surface area contributed by atoms with Gasteiger partial charge in [0.2, 0.25) is 0 Å². The fraction of sp³-hybridized carbons (Fsp3) is 0.214. The molecule has 2 aromatic rings. The van der Waals surface area contributed by atoms with Crippen LogP contribution in [0.4, 0.5) is 14.5 Å². The Morgan fingerprint density at radius 1 is 1.38 bits per heavy atom. The van der Waals surface area contributed by atoms with Crippen molar-refractivity contribution in [1.82, 2.24) is 4.98 Å². The molecule has 1 N–H and O–H groups in total. The van der Waals surface area contributed by atoms with Gasteiger partial charge in [0.1, 0.15) is 0 Å². The largest absolute Gasteiger partial charge is 0.431 e. The minimum absolute atomic E-state index is 0.0153. The van der Waals surface area contributed by atoms with Crippen molar-refractivity contribution < 1.29 is 13.5 Å². The SMILES string of the molecule is Cc1ccc(CNc2cc(Cl)cc(Br)c2OC(F)F)nc1. The summed E-state index contributed by atoms with van der Waals surface area (Å²) in [6.45, 7) is -0.611. The molecule has 3 nitrogen and oxygen atoms in total. The summed E-state index contributed by atoms with van der Waals surface area (Å²) >= 11 is 9.10. The summed E-state index contributed by atoms with van der Waals surface area (Å²) < 4.78 is 29.8. The monoisotopic (exact) mass is 376 g/mol. The summed E-state index contributed by atoms with van der Waals surface area (Å²) in [6, 6.07) is 6.80. The molecule has 0 aliphatic carbocycles. The van der Waals surface area contributed by atoms with Crippen LogP contribution in [-0.2, 0) is 6.54 Å². The lowest BCUT2D eigenvalue weighted by atomic mass is 10.2. The van der Waals surface area contributed by atoms with Crippen molar-refractivity contribution in [3.63, 3.8) is 0 Å². The van der Waals surface area contributed by atoms with E-state index in [4.69, 9.17) is 11.6 Å². The average molecular weight is 378 g/mol. The lowest BCUT2D eigenvalue weighted by Crippen LogP contribution is -2.08. The first-order chi connectivity index (χ1) is 9.95. The summed E-state index contributed by atoms with van der Waals surface area (Å²) in [6.07, 6.45) is 1.74. The number of alkyl halides is 2. The number of benzene rings is 1. The molecule has 21 heavy (non-hydrogen) atoms. The van der Waals surface area contributed by atoms with Crippen LogP contribution in [0.3, 0.4) is 0 Å². The predicted octanol–water partition coefficient (Wildman–Crippen LogP) is 5.02. The summed E-state index contributed by atoms with van der Waals surface area (Å²) in [5, 5.41) is 3.41. The van der Waals surface area contributed by atoms with Gasteiger partial charge in [0, 0.05) is 11.2 Å². The number of pyridine rings is 1. The number of nitrogens with one attached hydrogen (secondary N) is 1. The molecule has 0 atom stereocenters. The Hall–Kier alpha value is -1.40. The number of aromatic nitrogens is 1. The molecule has 0 fully saturated rings. The predicted molar refractivity (Wildman–Crippen MR) is 82.1 cm³/mol. The van der Waals surface area contributed by atoms with E-state index in [1.54, 1.807) is 6.20 Å². The molecule has 0 amide bonds. The average Bonchev–Trinajstić information content (AvgIpc) is 2.41. The van der Waals surface area contributed by atoms with Gasteiger partial charge in [-0.25, -0.2) is 0 Å². The van der Waals surface area contributed by atoms with Crippen molar-refractivity contribution in [2.24, 2.45) is 0 Å². The summed E-state index contributed by atoms with van der Waals surface area (Å²) in [7, 11) is 0. The molecule has 0 saturated heterocycles. The lowest BCUT2D eigenvalue weighted by molar-refractivity contribution is -0.0498. The molecule has 0 aliphatic heterocycles. The number of hydrogen-bond donors (Lipinski definition) is 1. The van der Waals surface area contributed by atoms with E-state index in [2.05, 4.69) is 31.0 Å². The fourth-order valence-electron chi connectivity index (χ4n) is 1.69. The van der Waals surface area contributed by atoms with Gasteiger partial charge in [0.05, 0.1) is 22.4 Å². The van der Waals surface area contributed by atoms with Crippen molar-refractivity contribution in [2.45, 2.75) is 20.1 Å². The number of anilines is 1. The molecular formula is C14H12BrClF2N2O. The third-order valence-corrected chi connectivity index (χ3v) is 3.46. The molecule has 0 unspecified atom stereocenters. The molecule has 7 heteroatoms. The van der Waals surface area contributed by atoms with Crippen LogP contribution in [0.15, 0.2) is 34.9 Å². The number of aryl methyl sites for hydroxylation is 1. The highest BCUT2D eigenvalue weighted by Gasteiger charge is 2.15. The first-order valence-corrected chi connectivity index (χ1v) is 7.22. The molecule has 2 rings (SSSR count). The van der Waals surface area contributed by atoms with Crippen molar-refractivity contribution in [1.29, 1.82) is 0 Å². The van der Waals surface area contributed by atoms with E-state index < -0.39 is 6.61 Å². The Balaban J connectivity index is 2.19. The van der Waals surface area contributed by atoms with Crippen LogP contribution >= 0.6 is 27.5 Å². The smallest absolute Gasteiger partial charge is 0.387 e. The highest BCUT2D eigenvalue weighted by molar-refractivity contribution is 9.10. The van der Waals surface area contributed by atoms with E-state index in [1.165, 1.54) is 12.1 Å². The van der Waals surface area contributed by atoms with Crippen LogP contribution in [0.5, 0.6) is 5.75 Å². The van der Waals surface area contributed by atoms with Crippen molar-refractivity contribution in [3.8, 4) is 5.75 Å². The molecule has 0 saturated carbocycles. The van der Waals surface area contributed by atoms with Crippen LogP contribution in [0, 0.1) is 6.92 Å². The fourth-order valence-corrected chi connectivity index (χ4v) is 2.59. The molecule has 112 valence electrons. The number of ether oxygens (including phenoxy) is 1. The van der Waals surface area contributed by atoms with Gasteiger partial charge in [-0.15, -0.1) is 0 Å². The zero-order chi connectivity index (χ0) is 15.4. The Morgan fingerprint density at radius 3 is 2.76 bits per heavy atom. The highest BCUT2D eigenvalue weighted by Crippen LogP contribution is 2.37. The van der Waals surface area contributed by atoms with Gasteiger partial charge in [-0.3, -0.25) is 4.98 Å². The number of nitrogens with zero attached hydrogens (tertiary/aromatic N) is 1. The van der Waals surface area contributed by atoms with Gasteiger partial charge >= 0.3 is 6.61 Å². The van der Waals surface area contributed by atoms with Gasteiger partial charge in [-0.2, -0.15) is 8.78 Å². The zero-order valence-electron chi connectivity index (χ0n) is 11.0. The van der Waals surface area contributed by atoms with Gasteiger partial charge in [0.15, 0.2) is 5.75 Å². The van der Waals surface area contributed by atoms with E-state index in [1.807, 2.05) is 19.1 Å².